The summed E-state index contributed by atoms with van der Waals surface area (Å²) in [6.07, 6.45) is 0. The van der Waals surface area contributed by atoms with Gasteiger partial charge in [-0.2, -0.15) is 0 Å². The van der Waals surface area contributed by atoms with Crippen molar-refractivity contribution in [2.24, 2.45) is 0 Å². The maximum absolute atomic E-state index is 12.1. The second-order valence-electron chi connectivity index (χ2n) is 20.4. The summed E-state index contributed by atoms with van der Waals surface area (Å²) in [6, 6.07) is 123. The second-order valence-corrected chi connectivity index (χ2v) is 20.4. The molecule has 14 aromatic carbocycles. The van der Waals surface area contributed by atoms with E-state index in [-0.39, 0.29) is 17.3 Å². The smallest absolute Gasteiger partial charge is 0.193 e. The summed E-state index contributed by atoms with van der Waals surface area (Å²) < 4.78 is 11.5. The van der Waals surface area contributed by atoms with E-state index < -0.39 is 0 Å². The Kier molecular flexibility index (Phi) is 27.7. The summed E-state index contributed by atoms with van der Waals surface area (Å²) in [5.74, 6) is 3.55. The van der Waals surface area contributed by atoms with Crippen LogP contribution in [0.2, 0.25) is 0 Å². The number of hydrogen-bond donors (Lipinski definition) is 0. The molecular formula is C85H74O5. The van der Waals surface area contributed by atoms with Crippen molar-refractivity contribution >= 4 is 49.7 Å². The Morgan fingerprint density at radius 1 is 0.211 bits per heavy atom. The van der Waals surface area contributed by atoms with Gasteiger partial charge in [0.25, 0.3) is 0 Å². The predicted molar refractivity (Wildman–Crippen MR) is 376 cm³/mol. The quantitative estimate of drug-likeness (QED) is 0.112. The third-order valence-corrected chi connectivity index (χ3v) is 13.4. The van der Waals surface area contributed by atoms with Crippen molar-refractivity contribution in [2.45, 2.75) is 27.7 Å². The number of Topliss-reactive ketones (excluding diaryl/α,β-unsaturated/α-hetero) is 2. The summed E-state index contributed by atoms with van der Waals surface area (Å²) in [7, 11) is 0. The Balaban J connectivity index is 0.000000151. The van der Waals surface area contributed by atoms with Crippen molar-refractivity contribution in [1.82, 2.24) is 0 Å². The molecule has 0 spiro atoms. The van der Waals surface area contributed by atoms with Crippen LogP contribution in [0.3, 0.4) is 0 Å². The molecule has 0 heterocycles. The molecule has 14 rings (SSSR count). The number of fused-ring (bicyclic) bond motifs is 3. The van der Waals surface area contributed by atoms with E-state index in [2.05, 4.69) is 109 Å². The number of para-hydroxylation sites is 2. The molecule has 0 unspecified atom stereocenters. The molecule has 14 aromatic rings. The molecule has 0 saturated heterocycles. The van der Waals surface area contributed by atoms with Gasteiger partial charge in [0.2, 0.25) is 0 Å². The average molecular weight is 1180 g/mol. The molecule has 0 aliphatic carbocycles. The lowest BCUT2D eigenvalue weighted by Crippen LogP contribution is -2.00. The molecule has 5 heteroatoms. The first-order valence-corrected chi connectivity index (χ1v) is 29.7. The van der Waals surface area contributed by atoms with Crippen LogP contribution < -0.4 is 9.47 Å². The van der Waals surface area contributed by atoms with E-state index in [4.69, 9.17) is 9.47 Å². The zero-order valence-electron chi connectivity index (χ0n) is 51.3. The number of benzene rings is 14. The van der Waals surface area contributed by atoms with Gasteiger partial charge in [0, 0.05) is 22.3 Å². The van der Waals surface area contributed by atoms with E-state index in [1.807, 2.05) is 281 Å². The number of rotatable bonds is 8. The average Bonchev–Trinajstić information content (AvgIpc) is 2.61. The van der Waals surface area contributed by atoms with Crippen molar-refractivity contribution in [2.75, 3.05) is 0 Å². The van der Waals surface area contributed by atoms with Crippen LogP contribution >= 0.6 is 0 Å². The highest BCUT2D eigenvalue weighted by Gasteiger charge is 2.08. The number of carbonyl (C=O) groups is 3. The maximum atomic E-state index is 12.1. The first kappa shape index (κ1) is 66.0. The van der Waals surface area contributed by atoms with Crippen LogP contribution in [0.4, 0.5) is 0 Å². The molecule has 90 heavy (non-hydrogen) atoms. The van der Waals surface area contributed by atoms with Gasteiger partial charge in [-0.1, -0.05) is 327 Å². The van der Waals surface area contributed by atoms with E-state index >= 15 is 0 Å². The maximum Gasteiger partial charge on any atom is 0.193 e. The summed E-state index contributed by atoms with van der Waals surface area (Å²) in [5.41, 5.74) is 5.37. The Bertz CT molecular complexity index is 3860. The lowest BCUT2D eigenvalue weighted by Gasteiger charge is -2.08. The van der Waals surface area contributed by atoms with Gasteiger partial charge in [-0.25, -0.2) is 0 Å². The van der Waals surface area contributed by atoms with Crippen molar-refractivity contribution < 1.29 is 23.9 Å². The van der Waals surface area contributed by atoms with Gasteiger partial charge in [0.15, 0.2) is 17.3 Å². The van der Waals surface area contributed by atoms with Gasteiger partial charge in [-0.15, -0.1) is 0 Å². The number of hydrogen-bond acceptors (Lipinski definition) is 5. The van der Waals surface area contributed by atoms with E-state index in [0.29, 0.717) is 0 Å². The second kappa shape index (κ2) is 37.8. The molecule has 0 N–H and O–H groups in total. The van der Waals surface area contributed by atoms with Gasteiger partial charge in [0.1, 0.15) is 23.0 Å². The standard InChI is InChI=1S/C18H14O2.C15H14O.C14H10.C10H8.2C8H8O.2C6H6/c1-3-7-15(8-4-1)19-17-11-13-18(14-12-17)20-16-9-5-2-6-10-16;1-11-3-7-13(8-4-11)15(16)14-9-5-12(2)6-10-14;1-2-6-12-10-14-8-4-3-7-13(14)9-11(12)5-1;1-2-6-10-8-4-3-7-9(10)5-1;2*1-7(9)8-5-3-2-4-6-8;2*1-2-4-6-5-3-1/h1-14H;3-10H,1-2H3;1-10H;1-8H;2*2-6H,1H3;2*1-6H. The summed E-state index contributed by atoms with van der Waals surface area (Å²) in [4.78, 5) is 33.4. The number of carbonyl (C=O) groups excluding carboxylic acids is 3. The lowest BCUT2D eigenvalue weighted by molar-refractivity contribution is 0.100. The lowest BCUT2D eigenvalue weighted by atomic mass is 10.0. The highest BCUT2D eigenvalue weighted by molar-refractivity contribution is 6.09. The van der Waals surface area contributed by atoms with Crippen molar-refractivity contribution in [3.05, 3.63) is 409 Å². The minimum absolute atomic E-state index is 0.0833. The zero-order chi connectivity index (χ0) is 63.2. The fourth-order valence-corrected chi connectivity index (χ4v) is 8.53. The van der Waals surface area contributed by atoms with Gasteiger partial charge in [0.05, 0.1) is 0 Å². The summed E-state index contributed by atoms with van der Waals surface area (Å²) in [6.45, 7) is 7.16. The normalized spacial score (nSPS) is 9.69. The molecule has 0 amide bonds. The molecule has 5 nitrogen and oxygen atoms in total. The first-order valence-electron chi connectivity index (χ1n) is 29.7. The van der Waals surface area contributed by atoms with Gasteiger partial charge >= 0.3 is 0 Å². The van der Waals surface area contributed by atoms with E-state index in [9.17, 15) is 14.4 Å². The Morgan fingerprint density at radius 2 is 0.411 bits per heavy atom. The van der Waals surface area contributed by atoms with E-state index in [0.717, 1.165) is 45.3 Å². The summed E-state index contributed by atoms with van der Waals surface area (Å²) >= 11 is 0. The molecule has 0 aliphatic rings. The van der Waals surface area contributed by atoms with Gasteiger partial charge in [-0.05, 0) is 121 Å². The fourth-order valence-electron chi connectivity index (χ4n) is 8.53. The largest absolute Gasteiger partial charge is 0.457 e. The third-order valence-electron chi connectivity index (χ3n) is 13.4. The van der Waals surface area contributed by atoms with E-state index in [1.54, 1.807) is 13.8 Å². The Labute approximate surface area is 530 Å². The molecule has 444 valence electrons. The monoisotopic (exact) mass is 1170 g/mol. The highest BCUT2D eigenvalue weighted by atomic mass is 16.5. The molecule has 0 aromatic heterocycles. The van der Waals surface area contributed by atoms with Crippen LogP contribution in [0.25, 0.3) is 32.3 Å². The Morgan fingerprint density at radius 3 is 0.644 bits per heavy atom. The van der Waals surface area contributed by atoms with Crippen LogP contribution in [0, 0.1) is 13.8 Å². The van der Waals surface area contributed by atoms with Gasteiger partial charge in [-0.3, -0.25) is 14.4 Å². The Hall–Kier alpha value is -11.5. The predicted octanol–water partition coefficient (Wildman–Crippen LogP) is 22.8. The topological polar surface area (TPSA) is 69.7 Å². The van der Waals surface area contributed by atoms with Crippen LogP contribution in [0.5, 0.6) is 23.0 Å². The molecule has 0 saturated carbocycles. The molecule has 0 aliphatic heterocycles. The number of ketones is 3. The fraction of sp³-hybridized carbons (Fsp3) is 0.0471. The molecular weight excluding hydrogens is 1100 g/mol. The van der Waals surface area contributed by atoms with Crippen LogP contribution in [-0.2, 0) is 0 Å². The number of aryl methyl sites for hydroxylation is 2. The van der Waals surface area contributed by atoms with Crippen molar-refractivity contribution in [1.29, 1.82) is 0 Å². The molecule has 0 bridgehead atoms. The first-order chi connectivity index (χ1) is 44.1. The van der Waals surface area contributed by atoms with Crippen molar-refractivity contribution in [3.63, 3.8) is 0 Å². The highest BCUT2D eigenvalue weighted by Crippen LogP contribution is 2.27. The van der Waals surface area contributed by atoms with E-state index in [1.165, 1.54) is 43.4 Å². The van der Waals surface area contributed by atoms with Crippen LogP contribution in [0.15, 0.2) is 376 Å². The third kappa shape index (κ3) is 24.1. The minimum atomic E-state index is 0.0833. The SMILES string of the molecule is CC(=O)c1ccccc1.CC(=O)c1ccccc1.Cc1ccc(C(=O)c2ccc(C)cc2)cc1.c1ccc(Oc2ccc(Oc3ccccc3)cc2)cc1.c1ccc2cc3ccccc3cc2c1.c1ccc2ccccc2c1.c1ccccc1.c1ccccc1. The van der Waals surface area contributed by atoms with Crippen molar-refractivity contribution in [3.8, 4) is 23.0 Å². The molecule has 0 fully saturated rings. The van der Waals surface area contributed by atoms with Crippen LogP contribution in [0.1, 0.15) is 61.6 Å². The summed E-state index contributed by atoms with van der Waals surface area (Å²) in [5, 5.41) is 7.87. The number of ether oxygens (including phenoxy) is 2. The van der Waals surface area contributed by atoms with Gasteiger partial charge < -0.3 is 9.47 Å². The molecule has 0 atom stereocenters. The minimum Gasteiger partial charge on any atom is -0.457 e. The zero-order valence-corrected chi connectivity index (χ0v) is 51.3. The van der Waals surface area contributed by atoms with Crippen LogP contribution in [-0.4, -0.2) is 17.3 Å². The molecule has 0 radical (unpaired) electrons.